The lowest BCUT2D eigenvalue weighted by Gasteiger charge is -2.39. The first kappa shape index (κ1) is 12.4. The number of hydrogen-bond acceptors (Lipinski definition) is 3. The number of piperidine rings is 1. The molecule has 2 rings (SSSR count). The van der Waals surface area contributed by atoms with E-state index in [0.717, 1.165) is 18.7 Å². The van der Waals surface area contributed by atoms with Gasteiger partial charge in [0.1, 0.15) is 5.75 Å². The topological polar surface area (TPSA) is 30.5 Å². The second-order valence-corrected chi connectivity index (χ2v) is 4.60. The summed E-state index contributed by atoms with van der Waals surface area (Å²) in [5.74, 6) is 0.943. The van der Waals surface area contributed by atoms with Gasteiger partial charge in [0.2, 0.25) is 0 Å². The van der Waals surface area contributed by atoms with Gasteiger partial charge in [-0.05, 0) is 31.9 Å². The molecule has 1 N–H and O–H groups in total. The smallest absolute Gasteiger partial charge is 0.124 e. The number of para-hydroxylation sites is 1. The van der Waals surface area contributed by atoms with Gasteiger partial charge in [-0.3, -0.25) is 0 Å². The van der Waals surface area contributed by atoms with E-state index in [-0.39, 0.29) is 5.54 Å². The molecule has 0 spiro atoms. The number of benzene rings is 1. The average molecular weight is 235 g/mol. The number of hydrogen-bond donors (Lipinski definition) is 1. The molecule has 0 saturated carbocycles. The largest absolute Gasteiger partial charge is 0.496 e. The van der Waals surface area contributed by atoms with Crippen LogP contribution in [-0.4, -0.2) is 27.4 Å². The summed E-state index contributed by atoms with van der Waals surface area (Å²) < 4.78 is 10.9. The fourth-order valence-electron chi connectivity index (χ4n) is 2.69. The monoisotopic (exact) mass is 235 g/mol. The van der Waals surface area contributed by atoms with Crippen molar-refractivity contribution in [3.63, 3.8) is 0 Å². The van der Waals surface area contributed by atoms with Crippen molar-refractivity contribution in [1.29, 1.82) is 0 Å². The highest BCUT2D eigenvalue weighted by atomic mass is 16.5. The lowest BCUT2D eigenvalue weighted by molar-refractivity contribution is 0.0865. The van der Waals surface area contributed by atoms with Crippen LogP contribution in [0, 0.1) is 0 Å². The SMILES string of the molecule is COCC1(c2ccccc2OC)CCCCN1. The van der Waals surface area contributed by atoms with Crippen LogP contribution in [0.25, 0.3) is 0 Å². The van der Waals surface area contributed by atoms with Crippen LogP contribution in [0.15, 0.2) is 24.3 Å². The minimum atomic E-state index is -0.0837. The minimum Gasteiger partial charge on any atom is -0.496 e. The van der Waals surface area contributed by atoms with E-state index in [4.69, 9.17) is 9.47 Å². The molecule has 1 aliphatic rings. The summed E-state index contributed by atoms with van der Waals surface area (Å²) >= 11 is 0. The molecule has 0 aliphatic carbocycles. The Morgan fingerprint density at radius 3 is 2.71 bits per heavy atom. The van der Waals surface area contributed by atoms with Crippen LogP contribution in [0.3, 0.4) is 0 Å². The summed E-state index contributed by atoms with van der Waals surface area (Å²) in [5.41, 5.74) is 1.13. The van der Waals surface area contributed by atoms with Crippen molar-refractivity contribution in [2.45, 2.75) is 24.8 Å². The zero-order chi connectivity index (χ0) is 12.1. The highest BCUT2D eigenvalue weighted by molar-refractivity contribution is 5.39. The second kappa shape index (κ2) is 5.52. The van der Waals surface area contributed by atoms with Gasteiger partial charge in [-0.15, -0.1) is 0 Å². The van der Waals surface area contributed by atoms with Crippen molar-refractivity contribution in [3.8, 4) is 5.75 Å². The molecule has 3 heteroatoms. The van der Waals surface area contributed by atoms with E-state index >= 15 is 0 Å². The van der Waals surface area contributed by atoms with E-state index in [2.05, 4.69) is 17.4 Å². The first-order valence-electron chi connectivity index (χ1n) is 6.20. The Hall–Kier alpha value is -1.06. The zero-order valence-electron chi connectivity index (χ0n) is 10.7. The highest BCUT2D eigenvalue weighted by Gasteiger charge is 2.35. The van der Waals surface area contributed by atoms with E-state index in [0.29, 0.717) is 6.61 Å². The number of ether oxygens (including phenoxy) is 2. The van der Waals surface area contributed by atoms with E-state index < -0.39 is 0 Å². The summed E-state index contributed by atoms with van der Waals surface area (Å²) in [7, 11) is 3.48. The predicted octanol–water partition coefficient (Wildman–Crippen LogP) is 2.31. The fourth-order valence-corrected chi connectivity index (χ4v) is 2.69. The van der Waals surface area contributed by atoms with E-state index in [1.54, 1.807) is 14.2 Å². The normalized spacial score (nSPS) is 24.6. The summed E-state index contributed by atoms with van der Waals surface area (Å²) in [6.07, 6.45) is 3.57. The predicted molar refractivity (Wildman–Crippen MR) is 68.4 cm³/mol. The Morgan fingerprint density at radius 1 is 1.24 bits per heavy atom. The average Bonchev–Trinajstić information content (AvgIpc) is 2.40. The van der Waals surface area contributed by atoms with Crippen LogP contribution in [0.4, 0.5) is 0 Å². The summed E-state index contributed by atoms with van der Waals surface area (Å²) in [4.78, 5) is 0. The molecule has 1 saturated heterocycles. The lowest BCUT2D eigenvalue weighted by atomic mass is 9.82. The van der Waals surface area contributed by atoms with Crippen LogP contribution in [0.2, 0.25) is 0 Å². The molecule has 0 amide bonds. The molecule has 1 aromatic carbocycles. The Bertz CT molecular complexity index is 353. The van der Waals surface area contributed by atoms with Crippen molar-refractivity contribution >= 4 is 0 Å². The first-order valence-corrected chi connectivity index (χ1v) is 6.20. The van der Waals surface area contributed by atoms with Gasteiger partial charge in [-0.25, -0.2) is 0 Å². The van der Waals surface area contributed by atoms with Gasteiger partial charge in [0, 0.05) is 12.7 Å². The molecule has 1 aliphatic heterocycles. The summed E-state index contributed by atoms with van der Waals surface area (Å²) in [5, 5.41) is 3.62. The third kappa shape index (κ3) is 2.45. The number of nitrogens with one attached hydrogen (secondary N) is 1. The Labute approximate surface area is 103 Å². The molecule has 1 atom stereocenters. The molecule has 3 nitrogen and oxygen atoms in total. The molecular formula is C14H21NO2. The van der Waals surface area contributed by atoms with E-state index in [9.17, 15) is 0 Å². The van der Waals surface area contributed by atoms with Gasteiger partial charge >= 0.3 is 0 Å². The third-order valence-electron chi connectivity index (χ3n) is 3.51. The third-order valence-corrected chi connectivity index (χ3v) is 3.51. The summed E-state index contributed by atoms with van der Waals surface area (Å²) in [6.45, 7) is 1.73. The quantitative estimate of drug-likeness (QED) is 0.868. The molecule has 0 radical (unpaired) electrons. The van der Waals surface area contributed by atoms with Crippen molar-refractivity contribution in [2.75, 3.05) is 27.4 Å². The molecule has 0 aromatic heterocycles. The lowest BCUT2D eigenvalue weighted by Crippen LogP contribution is -2.49. The van der Waals surface area contributed by atoms with Crippen LogP contribution in [0.5, 0.6) is 5.75 Å². The maximum atomic E-state index is 5.47. The number of rotatable bonds is 4. The molecule has 17 heavy (non-hydrogen) atoms. The van der Waals surface area contributed by atoms with Gasteiger partial charge in [0.05, 0.1) is 19.3 Å². The second-order valence-electron chi connectivity index (χ2n) is 4.60. The van der Waals surface area contributed by atoms with Crippen LogP contribution in [-0.2, 0) is 10.3 Å². The molecule has 1 heterocycles. The van der Waals surface area contributed by atoms with Crippen molar-refractivity contribution < 1.29 is 9.47 Å². The first-order chi connectivity index (χ1) is 8.32. The van der Waals surface area contributed by atoms with Crippen LogP contribution < -0.4 is 10.1 Å². The Kier molecular flexibility index (Phi) is 4.02. The van der Waals surface area contributed by atoms with Gasteiger partial charge in [-0.2, -0.15) is 0 Å². The highest BCUT2D eigenvalue weighted by Crippen LogP contribution is 2.36. The molecular weight excluding hydrogens is 214 g/mol. The molecule has 1 fully saturated rings. The number of methoxy groups -OCH3 is 2. The fraction of sp³-hybridized carbons (Fsp3) is 0.571. The molecule has 1 aromatic rings. The van der Waals surface area contributed by atoms with Crippen molar-refractivity contribution in [2.24, 2.45) is 0 Å². The van der Waals surface area contributed by atoms with Gasteiger partial charge < -0.3 is 14.8 Å². The van der Waals surface area contributed by atoms with Gasteiger partial charge in [0.25, 0.3) is 0 Å². The van der Waals surface area contributed by atoms with Gasteiger partial charge in [-0.1, -0.05) is 18.2 Å². The zero-order valence-corrected chi connectivity index (χ0v) is 10.7. The van der Waals surface area contributed by atoms with E-state index in [1.165, 1.54) is 18.4 Å². The van der Waals surface area contributed by atoms with Crippen LogP contribution in [0.1, 0.15) is 24.8 Å². The van der Waals surface area contributed by atoms with E-state index in [1.807, 2.05) is 12.1 Å². The standard InChI is InChI=1S/C14H21NO2/c1-16-11-14(9-5-6-10-15-14)12-7-3-4-8-13(12)17-2/h3-4,7-8,15H,5-6,9-11H2,1-2H3. The molecule has 94 valence electrons. The Morgan fingerprint density at radius 2 is 2.06 bits per heavy atom. The maximum absolute atomic E-state index is 5.47. The maximum Gasteiger partial charge on any atom is 0.124 e. The van der Waals surface area contributed by atoms with Gasteiger partial charge in [0.15, 0.2) is 0 Å². The van der Waals surface area contributed by atoms with Crippen molar-refractivity contribution in [1.82, 2.24) is 5.32 Å². The summed E-state index contributed by atoms with van der Waals surface area (Å²) in [6, 6.07) is 8.22. The van der Waals surface area contributed by atoms with Crippen LogP contribution >= 0.6 is 0 Å². The molecule has 0 bridgehead atoms. The molecule has 1 unspecified atom stereocenters. The Balaban J connectivity index is 2.37. The minimum absolute atomic E-state index is 0.0837. The van der Waals surface area contributed by atoms with Crippen molar-refractivity contribution in [3.05, 3.63) is 29.8 Å².